The third-order valence-corrected chi connectivity index (χ3v) is 4.96. The molecule has 5 N–H and O–H groups in total. The molecule has 0 aromatic heterocycles. The number of phenolic OH excluding ortho intramolecular Hbond substituents is 1. The van der Waals surface area contributed by atoms with Crippen LogP contribution < -0.4 is 4.74 Å². The van der Waals surface area contributed by atoms with Crippen LogP contribution in [-0.4, -0.2) is 56.1 Å². The second-order valence-electron chi connectivity index (χ2n) is 5.90. The molecule has 2 aliphatic rings. The van der Waals surface area contributed by atoms with E-state index in [-0.39, 0.29) is 18.1 Å². The Kier molecular flexibility index (Phi) is 2.63. The van der Waals surface area contributed by atoms with Gasteiger partial charge in [-0.2, -0.15) is 0 Å². The van der Waals surface area contributed by atoms with Crippen molar-refractivity contribution in [2.24, 2.45) is 0 Å². The van der Waals surface area contributed by atoms with Crippen molar-refractivity contribution in [3.05, 3.63) is 23.3 Å². The lowest BCUT2D eigenvalue weighted by atomic mass is 9.67. The zero-order valence-corrected chi connectivity index (χ0v) is 11.2. The smallest absolute Gasteiger partial charge is 0.165 e. The summed E-state index contributed by atoms with van der Waals surface area (Å²) in [5.41, 5.74) is -2.17. The molecule has 1 saturated carbocycles. The summed E-state index contributed by atoms with van der Waals surface area (Å²) in [7, 11) is 0. The largest absolute Gasteiger partial charge is 0.504 e. The Morgan fingerprint density at radius 3 is 2.50 bits per heavy atom. The maximum absolute atomic E-state index is 10.7. The first-order valence-corrected chi connectivity index (χ1v) is 6.47. The average Bonchev–Trinajstić information content (AvgIpc) is 2.55. The third-order valence-electron chi connectivity index (χ3n) is 4.96. The van der Waals surface area contributed by atoms with Crippen molar-refractivity contribution in [1.29, 1.82) is 0 Å². The fraction of sp³-hybridized carbons (Fsp3) is 0.571. The van der Waals surface area contributed by atoms with Gasteiger partial charge < -0.3 is 30.3 Å². The predicted octanol–water partition coefficient (Wildman–Crippen LogP) is -0.822. The number of fused-ring (bicyclic) bond motifs is 3. The highest BCUT2D eigenvalue weighted by atomic mass is 16.5. The van der Waals surface area contributed by atoms with Crippen LogP contribution in [0.2, 0.25) is 0 Å². The number of aliphatic hydroxyl groups is 4. The Morgan fingerprint density at radius 2 is 1.85 bits per heavy atom. The van der Waals surface area contributed by atoms with Crippen LogP contribution in [0.5, 0.6) is 11.5 Å². The first-order chi connectivity index (χ1) is 9.25. The predicted molar refractivity (Wildman–Crippen MR) is 68.7 cm³/mol. The molecular weight excluding hydrogens is 264 g/mol. The van der Waals surface area contributed by atoms with E-state index in [4.69, 9.17) is 4.74 Å². The number of aliphatic hydroxyl groups excluding tert-OH is 3. The zero-order chi connectivity index (χ0) is 14.9. The molecule has 0 amide bonds. The van der Waals surface area contributed by atoms with Crippen molar-refractivity contribution < 1.29 is 30.3 Å². The van der Waals surface area contributed by atoms with Crippen molar-refractivity contribution in [3.63, 3.8) is 0 Å². The summed E-state index contributed by atoms with van der Waals surface area (Å²) in [6.45, 7) is 2.94. The number of aromatic hydroxyl groups is 1. The van der Waals surface area contributed by atoms with Gasteiger partial charge in [-0.3, -0.25) is 0 Å². The molecule has 0 radical (unpaired) electrons. The van der Waals surface area contributed by atoms with Crippen LogP contribution in [0.4, 0.5) is 0 Å². The van der Waals surface area contributed by atoms with Crippen LogP contribution in [0, 0.1) is 6.92 Å². The van der Waals surface area contributed by atoms with Gasteiger partial charge in [0.15, 0.2) is 11.5 Å². The van der Waals surface area contributed by atoms with Crippen molar-refractivity contribution in [3.8, 4) is 11.5 Å². The van der Waals surface area contributed by atoms with E-state index in [2.05, 4.69) is 0 Å². The zero-order valence-electron chi connectivity index (χ0n) is 11.2. The molecule has 6 heteroatoms. The standard InChI is InChI=1S/C14H18O6/c1-6-3-4-7-10(8(6)15)20-5-14(19)12(18)9(16)11(17)13(7,14)2/h3-4,9,11-12,15-19H,5H2,1-2H3/t9-,11-,12-,13+,14-/m1/s1. The highest BCUT2D eigenvalue weighted by molar-refractivity contribution is 5.57. The second-order valence-corrected chi connectivity index (χ2v) is 5.90. The van der Waals surface area contributed by atoms with Crippen molar-refractivity contribution in [1.82, 2.24) is 0 Å². The monoisotopic (exact) mass is 282 g/mol. The first kappa shape index (κ1) is 13.6. The van der Waals surface area contributed by atoms with E-state index in [1.165, 1.54) is 0 Å². The van der Waals surface area contributed by atoms with Gasteiger partial charge in [-0.1, -0.05) is 12.1 Å². The molecule has 1 aromatic carbocycles. The Bertz CT molecular complexity index is 573. The molecule has 1 aromatic rings. The minimum atomic E-state index is -1.82. The van der Waals surface area contributed by atoms with Crippen molar-refractivity contribution >= 4 is 0 Å². The van der Waals surface area contributed by atoms with Crippen LogP contribution in [0.1, 0.15) is 18.1 Å². The SMILES string of the molecule is Cc1ccc2c(c1O)OC[C@@]1(O)[C@H](O)[C@H](O)[C@@H](O)[C@]21C. The minimum absolute atomic E-state index is 0.0612. The van der Waals surface area contributed by atoms with Crippen LogP contribution >= 0.6 is 0 Å². The maximum atomic E-state index is 10.7. The van der Waals surface area contributed by atoms with E-state index in [1.807, 2.05) is 0 Å². The molecule has 0 bridgehead atoms. The molecule has 1 aliphatic heterocycles. The summed E-state index contributed by atoms with van der Waals surface area (Å²) in [4.78, 5) is 0. The number of aryl methyl sites for hydroxylation is 1. The molecule has 5 atom stereocenters. The first-order valence-electron chi connectivity index (χ1n) is 6.47. The fourth-order valence-corrected chi connectivity index (χ4v) is 3.39. The van der Waals surface area contributed by atoms with Gasteiger partial charge in [0, 0.05) is 5.56 Å². The van der Waals surface area contributed by atoms with Crippen LogP contribution in [-0.2, 0) is 5.41 Å². The van der Waals surface area contributed by atoms with E-state index in [9.17, 15) is 25.5 Å². The number of hydrogen-bond donors (Lipinski definition) is 5. The van der Waals surface area contributed by atoms with Gasteiger partial charge in [-0.25, -0.2) is 0 Å². The second kappa shape index (κ2) is 3.85. The molecule has 1 aliphatic carbocycles. The molecule has 1 fully saturated rings. The molecule has 3 rings (SSSR count). The van der Waals surface area contributed by atoms with Gasteiger partial charge in [-0.15, -0.1) is 0 Å². The summed E-state index contributed by atoms with van der Waals surface area (Å²) in [5, 5.41) is 51.0. The highest BCUT2D eigenvalue weighted by Gasteiger charge is 2.69. The summed E-state index contributed by atoms with van der Waals surface area (Å²) in [5.74, 6) is 0.117. The van der Waals surface area contributed by atoms with E-state index in [0.717, 1.165) is 0 Å². The average molecular weight is 282 g/mol. The quantitative estimate of drug-likeness (QED) is 0.425. The van der Waals surface area contributed by atoms with E-state index >= 15 is 0 Å². The lowest BCUT2D eigenvalue weighted by Crippen LogP contribution is -2.60. The lowest BCUT2D eigenvalue weighted by molar-refractivity contribution is -0.139. The van der Waals surface area contributed by atoms with Crippen LogP contribution in [0.15, 0.2) is 12.1 Å². The van der Waals surface area contributed by atoms with E-state index in [0.29, 0.717) is 11.1 Å². The topological polar surface area (TPSA) is 110 Å². The molecule has 20 heavy (non-hydrogen) atoms. The van der Waals surface area contributed by atoms with E-state index in [1.54, 1.807) is 26.0 Å². The molecule has 110 valence electrons. The van der Waals surface area contributed by atoms with Crippen LogP contribution in [0.3, 0.4) is 0 Å². The fourth-order valence-electron chi connectivity index (χ4n) is 3.39. The summed E-state index contributed by atoms with van der Waals surface area (Å²) < 4.78 is 5.40. The Hall–Kier alpha value is -1.34. The minimum Gasteiger partial charge on any atom is -0.504 e. The molecule has 0 saturated heterocycles. The number of hydrogen-bond acceptors (Lipinski definition) is 6. The number of rotatable bonds is 0. The normalized spacial score (nSPS) is 42.8. The molecule has 0 unspecified atom stereocenters. The van der Waals surface area contributed by atoms with Gasteiger partial charge >= 0.3 is 0 Å². The molecule has 1 heterocycles. The third kappa shape index (κ3) is 1.27. The summed E-state index contributed by atoms with van der Waals surface area (Å²) >= 11 is 0. The number of phenols is 1. The van der Waals surface area contributed by atoms with Gasteiger partial charge in [0.25, 0.3) is 0 Å². The van der Waals surface area contributed by atoms with Crippen molar-refractivity contribution in [2.75, 3.05) is 6.61 Å². The number of benzene rings is 1. The maximum Gasteiger partial charge on any atom is 0.165 e. The molecular formula is C14H18O6. The summed E-state index contributed by atoms with van der Waals surface area (Å²) in [6.07, 6.45) is -4.38. The van der Waals surface area contributed by atoms with Gasteiger partial charge in [-0.05, 0) is 19.4 Å². The Balaban J connectivity index is 2.27. The van der Waals surface area contributed by atoms with Gasteiger partial charge in [0.1, 0.15) is 24.4 Å². The Labute approximate surface area is 115 Å². The molecule has 0 spiro atoms. The molecule has 6 nitrogen and oxygen atoms in total. The summed E-state index contributed by atoms with van der Waals surface area (Å²) in [6, 6.07) is 3.26. The van der Waals surface area contributed by atoms with Gasteiger partial charge in [0.2, 0.25) is 0 Å². The van der Waals surface area contributed by atoms with Crippen molar-refractivity contribution in [2.45, 2.75) is 43.2 Å². The van der Waals surface area contributed by atoms with E-state index < -0.39 is 29.3 Å². The van der Waals surface area contributed by atoms with Crippen LogP contribution in [0.25, 0.3) is 0 Å². The number of ether oxygens (including phenoxy) is 1. The van der Waals surface area contributed by atoms with Gasteiger partial charge in [0.05, 0.1) is 11.5 Å². The Morgan fingerprint density at radius 1 is 1.20 bits per heavy atom. The highest BCUT2D eigenvalue weighted by Crippen LogP contribution is 2.56. The lowest BCUT2D eigenvalue weighted by Gasteiger charge is -2.46.